The largest absolute Gasteiger partial charge is 0.356 e. The molecule has 0 spiro atoms. The van der Waals surface area contributed by atoms with Gasteiger partial charge in [-0.1, -0.05) is 32.0 Å². The number of nitrogens with zero attached hydrogens (tertiary/aromatic N) is 1. The lowest BCUT2D eigenvalue weighted by Crippen LogP contribution is -1.92. The van der Waals surface area contributed by atoms with Crippen LogP contribution >= 0.6 is 0 Å². The van der Waals surface area contributed by atoms with Crippen molar-refractivity contribution in [2.45, 2.75) is 26.7 Å². The molecule has 0 aliphatic heterocycles. The van der Waals surface area contributed by atoms with E-state index < -0.39 is 0 Å². The first-order valence-electron chi connectivity index (χ1n) is 6.80. The van der Waals surface area contributed by atoms with Crippen LogP contribution in [0.2, 0.25) is 0 Å². The first-order chi connectivity index (χ1) is 9.31. The lowest BCUT2D eigenvalue weighted by molar-refractivity contribution is 1.15. The second-order valence-electron chi connectivity index (χ2n) is 4.42. The molecular formula is C17H20N2. The van der Waals surface area contributed by atoms with Crippen LogP contribution < -0.4 is 5.32 Å². The number of benzene rings is 2. The first-order valence-corrected chi connectivity index (χ1v) is 6.80. The van der Waals surface area contributed by atoms with Crippen LogP contribution in [0.3, 0.4) is 0 Å². The van der Waals surface area contributed by atoms with E-state index in [2.05, 4.69) is 60.6 Å². The van der Waals surface area contributed by atoms with Crippen LogP contribution in [-0.2, 0) is 0 Å². The van der Waals surface area contributed by atoms with E-state index in [1.165, 1.54) is 5.71 Å². The summed E-state index contributed by atoms with van der Waals surface area (Å²) in [6, 6.07) is 18.4. The molecule has 19 heavy (non-hydrogen) atoms. The van der Waals surface area contributed by atoms with E-state index in [0.717, 1.165) is 29.9 Å². The SMILES string of the molecule is CCC(CC)=Nc1ccc(Nc2ccccc2)cc1. The third kappa shape index (κ3) is 3.95. The molecule has 0 heterocycles. The lowest BCUT2D eigenvalue weighted by atomic mass is 10.2. The van der Waals surface area contributed by atoms with Gasteiger partial charge in [0, 0.05) is 17.1 Å². The summed E-state index contributed by atoms with van der Waals surface area (Å²) in [6.45, 7) is 4.29. The quantitative estimate of drug-likeness (QED) is 0.715. The molecule has 0 amide bonds. The van der Waals surface area contributed by atoms with Crippen molar-refractivity contribution in [3.8, 4) is 0 Å². The zero-order chi connectivity index (χ0) is 13.5. The normalized spacial score (nSPS) is 10.0. The van der Waals surface area contributed by atoms with E-state index in [1.54, 1.807) is 0 Å². The predicted molar refractivity (Wildman–Crippen MR) is 83.8 cm³/mol. The zero-order valence-corrected chi connectivity index (χ0v) is 11.6. The molecule has 0 aliphatic carbocycles. The molecule has 0 aliphatic rings. The molecule has 0 radical (unpaired) electrons. The highest BCUT2D eigenvalue weighted by Gasteiger charge is 1.96. The molecule has 0 atom stereocenters. The van der Waals surface area contributed by atoms with Crippen molar-refractivity contribution < 1.29 is 0 Å². The smallest absolute Gasteiger partial charge is 0.0630 e. The van der Waals surface area contributed by atoms with Gasteiger partial charge < -0.3 is 5.32 Å². The van der Waals surface area contributed by atoms with E-state index >= 15 is 0 Å². The van der Waals surface area contributed by atoms with Crippen molar-refractivity contribution in [2.75, 3.05) is 5.32 Å². The fourth-order valence-corrected chi connectivity index (χ4v) is 1.90. The number of nitrogens with one attached hydrogen (secondary N) is 1. The van der Waals surface area contributed by atoms with Gasteiger partial charge >= 0.3 is 0 Å². The van der Waals surface area contributed by atoms with Gasteiger partial charge in [-0.05, 0) is 49.2 Å². The van der Waals surface area contributed by atoms with E-state index in [1.807, 2.05) is 18.2 Å². The Hall–Kier alpha value is -2.09. The topological polar surface area (TPSA) is 24.4 Å². The molecule has 0 saturated carbocycles. The van der Waals surface area contributed by atoms with Gasteiger partial charge in [0.25, 0.3) is 0 Å². The Bertz CT molecular complexity index is 521. The van der Waals surface area contributed by atoms with Gasteiger partial charge in [-0.15, -0.1) is 0 Å². The minimum atomic E-state index is 1.01. The Labute approximate surface area is 115 Å². The maximum absolute atomic E-state index is 4.63. The van der Waals surface area contributed by atoms with Gasteiger partial charge in [-0.2, -0.15) is 0 Å². The van der Waals surface area contributed by atoms with E-state index in [4.69, 9.17) is 0 Å². The fraction of sp³-hybridized carbons (Fsp3) is 0.235. The summed E-state index contributed by atoms with van der Waals surface area (Å²) in [7, 11) is 0. The molecule has 2 heteroatoms. The van der Waals surface area contributed by atoms with Crippen molar-refractivity contribution >= 4 is 22.8 Å². The number of hydrogen-bond acceptors (Lipinski definition) is 2. The minimum Gasteiger partial charge on any atom is -0.356 e. The van der Waals surface area contributed by atoms with Crippen LogP contribution in [0.4, 0.5) is 17.1 Å². The molecule has 0 fully saturated rings. The monoisotopic (exact) mass is 252 g/mol. The first kappa shape index (κ1) is 13.3. The van der Waals surface area contributed by atoms with Gasteiger partial charge in [0.2, 0.25) is 0 Å². The molecule has 1 N–H and O–H groups in total. The van der Waals surface area contributed by atoms with Crippen LogP contribution in [0, 0.1) is 0 Å². The molecule has 0 saturated heterocycles. The van der Waals surface area contributed by atoms with E-state index in [0.29, 0.717) is 0 Å². The Morgan fingerprint density at radius 2 is 1.42 bits per heavy atom. The molecule has 98 valence electrons. The highest BCUT2D eigenvalue weighted by molar-refractivity contribution is 5.86. The van der Waals surface area contributed by atoms with Crippen LogP contribution in [-0.4, -0.2) is 5.71 Å². The van der Waals surface area contributed by atoms with Gasteiger partial charge in [0.05, 0.1) is 5.69 Å². The third-order valence-corrected chi connectivity index (χ3v) is 3.03. The lowest BCUT2D eigenvalue weighted by Gasteiger charge is -2.06. The molecular weight excluding hydrogens is 232 g/mol. The molecule has 2 rings (SSSR count). The highest BCUT2D eigenvalue weighted by atomic mass is 14.9. The summed E-state index contributed by atoms with van der Waals surface area (Å²) in [5, 5.41) is 3.36. The Morgan fingerprint density at radius 1 is 0.842 bits per heavy atom. The Kier molecular flexibility index (Phi) is 4.73. The summed E-state index contributed by atoms with van der Waals surface area (Å²) in [6.07, 6.45) is 2.03. The maximum Gasteiger partial charge on any atom is 0.0630 e. The average molecular weight is 252 g/mol. The van der Waals surface area contributed by atoms with Crippen molar-refractivity contribution in [3.05, 3.63) is 54.6 Å². The summed E-state index contributed by atoms with van der Waals surface area (Å²) in [5.74, 6) is 0. The molecule has 0 aromatic heterocycles. The van der Waals surface area contributed by atoms with Gasteiger partial charge in [-0.3, -0.25) is 4.99 Å². The van der Waals surface area contributed by atoms with Gasteiger partial charge in [0.1, 0.15) is 0 Å². The standard InChI is InChI=1S/C17H20N2/c1-3-14(4-2)18-16-10-12-17(13-11-16)19-15-8-6-5-7-9-15/h5-13,19H,3-4H2,1-2H3. The highest BCUT2D eigenvalue weighted by Crippen LogP contribution is 2.20. The number of anilines is 2. The third-order valence-electron chi connectivity index (χ3n) is 3.03. The molecule has 2 nitrogen and oxygen atoms in total. The second kappa shape index (κ2) is 6.74. The number of para-hydroxylation sites is 1. The Morgan fingerprint density at radius 3 is 2.00 bits per heavy atom. The number of hydrogen-bond donors (Lipinski definition) is 1. The summed E-state index contributed by atoms with van der Waals surface area (Å²) in [5.41, 5.74) is 4.45. The molecule has 0 unspecified atom stereocenters. The molecule has 0 bridgehead atoms. The molecule has 2 aromatic carbocycles. The van der Waals surface area contributed by atoms with Gasteiger partial charge in [0.15, 0.2) is 0 Å². The predicted octanol–water partition coefficient (Wildman–Crippen LogP) is 5.32. The van der Waals surface area contributed by atoms with E-state index in [-0.39, 0.29) is 0 Å². The maximum atomic E-state index is 4.63. The van der Waals surface area contributed by atoms with Crippen LogP contribution in [0.25, 0.3) is 0 Å². The zero-order valence-electron chi connectivity index (χ0n) is 11.6. The minimum absolute atomic E-state index is 1.01. The Balaban J connectivity index is 2.08. The summed E-state index contributed by atoms with van der Waals surface area (Å²) >= 11 is 0. The van der Waals surface area contributed by atoms with Crippen molar-refractivity contribution in [1.82, 2.24) is 0 Å². The van der Waals surface area contributed by atoms with Gasteiger partial charge in [-0.25, -0.2) is 0 Å². The molecule has 2 aromatic rings. The van der Waals surface area contributed by atoms with E-state index in [9.17, 15) is 0 Å². The second-order valence-corrected chi connectivity index (χ2v) is 4.42. The summed E-state index contributed by atoms with van der Waals surface area (Å²) in [4.78, 5) is 4.63. The van der Waals surface area contributed by atoms with Crippen LogP contribution in [0.15, 0.2) is 59.6 Å². The number of aliphatic imine (C=N–C) groups is 1. The summed E-state index contributed by atoms with van der Waals surface area (Å²) < 4.78 is 0. The van der Waals surface area contributed by atoms with Crippen LogP contribution in [0.1, 0.15) is 26.7 Å². The fourth-order valence-electron chi connectivity index (χ4n) is 1.90. The van der Waals surface area contributed by atoms with Crippen molar-refractivity contribution in [2.24, 2.45) is 4.99 Å². The van der Waals surface area contributed by atoms with Crippen molar-refractivity contribution in [3.63, 3.8) is 0 Å². The number of rotatable bonds is 5. The van der Waals surface area contributed by atoms with Crippen molar-refractivity contribution in [1.29, 1.82) is 0 Å². The van der Waals surface area contributed by atoms with Crippen LogP contribution in [0.5, 0.6) is 0 Å². The average Bonchev–Trinajstić information content (AvgIpc) is 2.47.